The molecule has 0 saturated carbocycles. The second-order valence-electron chi connectivity index (χ2n) is 3.01. The van der Waals surface area contributed by atoms with Crippen LogP contribution in [-0.4, -0.2) is 17.6 Å². The normalized spacial score (nSPS) is 10.7. The van der Waals surface area contributed by atoms with Gasteiger partial charge in [0.25, 0.3) is 6.43 Å². The fourth-order valence-electron chi connectivity index (χ4n) is 1.28. The predicted octanol–water partition coefficient (Wildman–Crippen LogP) is 3.07. The van der Waals surface area contributed by atoms with Crippen molar-refractivity contribution in [2.45, 2.75) is 19.2 Å². The van der Waals surface area contributed by atoms with E-state index in [0.29, 0.717) is 6.20 Å². The number of aromatic nitrogens is 1. The smallest absolute Gasteiger partial charge is 0.339 e. The van der Waals surface area contributed by atoms with Crippen molar-refractivity contribution in [2.75, 3.05) is 6.61 Å². The van der Waals surface area contributed by atoms with E-state index >= 15 is 0 Å². The standard InChI is InChI=1S/C10H9ClF3NO2/c1-2-17-10(16)7-5(3-11)9(14)15-4-6(7)8(12)13/h4,8H,2-3H2,1H3. The Hall–Kier alpha value is -1.30. The summed E-state index contributed by atoms with van der Waals surface area (Å²) >= 11 is 5.43. The Labute approximate surface area is 101 Å². The Bertz CT molecular complexity index is 426. The lowest BCUT2D eigenvalue weighted by Gasteiger charge is -2.11. The third-order valence-corrected chi connectivity index (χ3v) is 2.27. The molecule has 0 unspecified atom stereocenters. The fraction of sp³-hybridized carbons (Fsp3) is 0.400. The molecule has 3 nitrogen and oxygen atoms in total. The molecular formula is C10H9ClF3NO2. The minimum absolute atomic E-state index is 0.00677. The van der Waals surface area contributed by atoms with Gasteiger partial charge in [0.2, 0.25) is 5.95 Å². The molecule has 0 bridgehead atoms. The highest BCUT2D eigenvalue weighted by atomic mass is 35.5. The summed E-state index contributed by atoms with van der Waals surface area (Å²) in [5.41, 5.74) is -1.59. The highest BCUT2D eigenvalue weighted by molar-refractivity contribution is 6.17. The van der Waals surface area contributed by atoms with E-state index in [2.05, 4.69) is 9.72 Å². The maximum Gasteiger partial charge on any atom is 0.339 e. The number of esters is 1. The molecule has 94 valence electrons. The fourth-order valence-corrected chi connectivity index (χ4v) is 1.52. The molecule has 1 rings (SSSR count). The molecule has 0 aliphatic heterocycles. The summed E-state index contributed by atoms with van der Waals surface area (Å²) in [5, 5.41) is 0. The molecule has 0 aromatic carbocycles. The van der Waals surface area contributed by atoms with E-state index in [-0.39, 0.29) is 12.2 Å². The predicted molar refractivity (Wildman–Crippen MR) is 54.7 cm³/mol. The van der Waals surface area contributed by atoms with E-state index in [1.165, 1.54) is 6.92 Å². The van der Waals surface area contributed by atoms with Crippen molar-refractivity contribution in [3.63, 3.8) is 0 Å². The summed E-state index contributed by atoms with van der Waals surface area (Å²) in [6.45, 7) is 1.51. The minimum Gasteiger partial charge on any atom is -0.462 e. The van der Waals surface area contributed by atoms with Crippen molar-refractivity contribution < 1.29 is 22.7 Å². The summed E-state index contributed by atoms with van der Waals surface area (Å²) in [6, 6.07) is 0. The third-order valence-electron chi connectivity index (χ3n) is 2.00. The zero-order valence-corrected chi connectivity index (χ0v) is 9.60. The Balaban J connectivity index is 3.38. The van der Waals surface area contributed by atoms with Crippen LogP contribution < -0.4 is 0 Å². The first-order chi connectivity index (χ1) is 8.02. The number of alkyl halides is 3. The second kappa shape index (κ2) is 5.86. The van der Waals surface area contributed by atoms with Gasteiger partial charge >= 0.3 is 5.97 Å². The van der Waals surface area contributed by atoms with E-state index in [1.807, 2.05) is 0 Å². The molecule has 0 fully saturated rings. The number of carbonyl (C=O) groups is 1. The van der Waals surface area contributed by atoms with Crippen LogP contribution >= 0.6 is 11.6 Å². The molecule has 1 aromatic heterocycles. The molecule has 0 spiro atoms. The van der Waals surface area contributed by atoms with Crippen LogP contribution in [0.15, 0.2) is 6.20 Å². The minimum atomic E-state index is -2.95. The molecule has 0 saturated heterocycles. The third kappa shape index (κ3) is 2.88. The largest absolute Gasteiger partial charge is 0.462 e. The molecule has 0 N–H and O–H groups in total. The molecule has 7 heteroatoms. The number of halogens is 4. The number of hydrogen-bond donors (Lipinski definition) is 0. The quantitative estimate of drug-likeness (QED) is 0.478. The number of carbonyl (C=O) groups excluding carboxylic acids is 1. The lowest BCUT2D eigenvalue weighted by molar-refractivity contribution is 0.0513. The average Bonchev–Trinajstić information content (AvgIpc) is 2.28. The second-order valence-corrected chi connectivity index (χ2v) is 3.28. The molecule has 0 radical (unpaired) electrons. The van der Waals surface area contributed by atoms with Gasteiger partial charge < -0.3 is 4.74 Å². The van der Waals surface area contributed by atoms with Crippen molar-refractivity contribution in [3.05, 3.63) is 28.8 Å². The van der Waals surface area contributed by atoms with Gasteiger partial charge in [0.1, 0.15) is 0 Å². The monoisotopic (exact) mass is 267 g/mol. The SMILES string of the molecule is CCOC(=O)c1c(C(F)F)cnc(F)c1CCl. The molecule has 0 atom stereocenters. The van der Waals surface area contributed by atoms with Crippen LogP contribution in [0.1, 0.15) is 34.8 Å². The van der Waals surface area contributed by atoms with Crippen LogP contribution in [-0.2, 0) is 10.6 Å². The Kier molecular flexibility index (Phi) is 4.74. The maximum absolute atomic E-state index is 13.2. The Morgan fingerprint density at radius 2 is 2.24 bits per heavy atom. The first-order valence-electron chi connectivity index (χ1n) is 4.71. The molecule has 0 aliphatic rings. The van der Waals surface area contributed by atoms with Crippen LogP contribution in [0.2, 0.25) is 0 Å². The summed E-state index contributed by atoms with van der Waals surface area (Å²) in [4.78, 5) is 14.6. The molecule has 1 heterocycles. The van der Waals surface area contributed by atoms with Crippen LogP contribution in [0.25, 0.3) is 0 Å². The summed E-state index contributed by atoms with van der Waals surface area (Å²) < 4.78 is 43.2. The van der Waals surface area contributed by atoms with Gasteiger partial charge in [-0.25, -0.2) is 18.6 Å². The number of nitrogens with zero attached hydrogens (tertiary/aromatic N) is 1. The molecule has 0 aliphatic carbocycles. The zero-order valence-electron chi connectivity index (χ0n) is 8.84. The molecule has 17 heavy (non-hydrogen) atoms. The molecule has 0 amide bonds. The van der Waals surface area contributed by atoms with Gasteiger partial charge in [-0.2, -0.15) is 4.39 Å². The number of pyridine rings is 1. The maximum atomic E-state index is 13.2. The van der Waals surface area contributed by atoms with Crippen molar-refractivity contribution >= 4 is 17.6 Å². The van der Waals surface area contributed by atoms with Gasteiger partial charge in [0, 0.05) is 11.8 Å². The van der Waals surface area contributed by atoms with Crippen LogP contribution in [0.4, 0.5) is 13.2 Å². The van der Waals surface area contributed by atoms with Gasteiger partial charge in [-0.1, -0.05) is 0 Å². The van der Waals surface area contributed by atoms with Gasteiger partial charge in [-0.3, -0.25) is 0 Å². The Morgan fingerprint density at radius 1 is 1.59 bits per heavy atom. The summed E-state index contributed by atoms with van der Waals surface area (Å²) in [7, 11) is 0. The molecule has 1 aromatic rings. The van der Waals surface area contributed by atoms with Crippen molar-refractivity contribution in [3.8, 4) is 0 Å². The Morgan fingerprint density at radius 3 is 2.71 bits per heavy atom. The zero-order chi connectivity index (χ0) is 13.0. The van der Waals surface area contributed by atoms with Gasteiger partial charge in [-0.05, 0) is 6.92 Å². The lowest BCUT2D eigenvalue weighted by atomic mass is 10.1. The lowest BCUT2D eigenvalue weighted by Crippen LogP contribution is -2.14. The van der Waals surface area contributed by atoms with Crippen LogP contribution in [0, 0.1) is 5.95 Å². The van der Waals surface area contributed by atoms with E-state index in [9.17, 15) is 18.0 Å². The number of ether oxygens (including phenoxy) is 1. The van der Waals surface area contributed by atoms with Crippen molar-refractivity contribution in [2.24, 2.45) is 0 Å². The summed E-state index contributed by atoms with van der Waals surface area (Å²) in [6.07, 6.45) is -2.34. The van der Waals surface area contributed by atoms with Crippen molar-refractivity contribution in [1.29, 1.82) is 0 Å². The highest BCUT2D eigenvalue weighted by Gasteiger charge is 2.26. The van der Waals surface area contributed by atoms with Gasteiger partial charge in [0.05, 0.1) is 23.6 Å². The van der Waals surface area contributed by atoms with Crippen LogP contribution in [0.5, 0.6) is 0 Å². The number of rotatable bonds is 4. The van der Waals surface area contributed by atoms with Gasteiger partial charge in [-0.15, -0.1) is 11.6 Å². The first kappa shape index (κ1) is 13.8. The van der Waals surface area contributed by atoms with E-state index in [1.54, 1.807) is 0 Å². The highest BCUT2D eigenvalue weighted by Crippen LogP contribution is 2.27. The molecular weight excluding hydrogens is 259 g/mol. The van der Waals surface area contributed by atoms with E-state index < -0.39 is 35.3 Å². The van der Waals surface area contributed by atoms with Gasteiger partial charge in [0.15, 0.2) is 0 Å². The van der Waals surface area contributed by atoms with Crippen LogP contribution in [0.3, 0.4) is 0 Å². The van der Waals surface area contributed by atoms with E-state index in [4.69, 9.17) is 11.6 Å². The summed E-state index contributed by atoms with van der Waals surface area (Å²) in [5.74, 6) is -2.51. The van der Waals surface area contributed by atoms with E-state index in [0.717, 1.165) is 0 Å². The number of hydrogen-bond acceptors (Lipinski definition) is 3. The van der Waals surface area contributed by atoms with Crippen molar-refractivity contribution in [1.82, 2.24) is 4.98 Å². The topological polar surface area (TPSA) is 39.2 Å². The average molecular weight is 268 g/mol. The first-order valence-corrected chi connectivity index (χ1v) is 5.24.